The van der Waals surface area contributed by atoms with Gasteiger partial charge in [0, 0.05) is 10.2 Å². The summed E-state index contributed by atoms with van der Waals surface area (Å²) in [5.74, 6) is 3.32. The standard InChI is InChI=1S/C19H20BrN3O2S/c1-3-24-16-11-7-15(8-12-16)23-18(21-22-19(23)26-4-2)13-25-17-9-5-14(20)6-10-17/h5-12H,3-4,13H2,1-2H3. The molecule has 0 aliphatic heterocycles. The fourth-order valence-electron chi connectivity index (χ4n) is 2.41. The molecule has 1 heterocycles. The van der Waals surface area contributed by atoms with Crippen molar-refractivity contribution in [3.63, 3.8) is 0 Å². The van der Waals surface area contributed by atoms with E-state index in [1.54, 1.807) is 11.8 Å². The molecular formula is C19H20BrN3O2S. The lowest BCUT2D eigenvalue weighted by Crippen LogP contribution is -2.06. The van der Waals surface area contributed by atoms with Crippen LogP contribution < -0.4 is 9.47 Å². The Morgan fingerprint density at radius 2 is 1.58 bits per heavy atom. The average molecular weight is 434 g/mol. The number of nitrogens with zero attached hydrogens (tertiary/aromatic N) is 3. The number of hydrogen-bond donors (Lipinski definition) is 0. The lowest BCUT2D eigenvalue weighted by Gasteiger charge is -2.12. The number of aromatic nitrogens is 3. The van der Waals surface area contributed by atoms with Gasteiger partial charge in [0.15, 0.2) is 11.0 Å². The van der Waals surface area contributed by atoms with Crippen molar-refractivity contribution < 1.29 is 9.47 Å². The molecule has 0 aliphatic carbocycles. The zero-order chi connectivity index (χ0) is 18.4. The van der Waals surface area contributed by atoms with E-state index in [9.17, 15) is 0 Å². The van der Waals surface area contributed by atoms with Crippen LogP contribution in [0, 0.1) is 0 Å². The molecule has 0 spiro atoms. The lowest BCUT2D eigenvalue weighted by molar-refractivity contribution is 0.292. The molecule has 0 amide bonds. The minimum atomic E-state index is 0.339. The third-order valence-corrected chi connectivity index (χ3v) is 4.90. The first kappa shape index (κ1) is 18.8. The van der Waals surface area contributed by atoms with E-state index in [0.717, 1.165) is 38.4 Å². The molecule has 0 bridgehead atoms. The fourth-order valence-corrected chi connectivity index (χ4v) is 3.37. The van der Waals surface area contributed by atoms with E-state index in [1.807, 2.05) is 60.0 Å². The molecule has 2 aromatic carbocycles. The van der Waals surface area contributed by atoms with E-state index in [-0.39, 0.29) is 0 Å². The Bertz CT molecular complexity index is 835. The maximum atomic E-state index is 5.88. The molecule has 0 radical (unpaired) electrons. The Hall–Kier alpha value is -1.99. The molecule has 0 unspecified atom stereocenters. The number of ether oxygens (including phenoxy) is 2. The molecule has 3 rings (SSSR count). The van der Waals surface area contributed by atoms with Crippen LogP contribution in [-0.2, 0) is 6.61 Å². The molecule has 1 aromatic heterocycles. The highest BCUT2D eigenvalue weighted by atomic mass is 79.9. The summed E-state index contributed by atoms with van der Waals surface area (Å²) in [6, 6.07) is 15.7. The molecule has 7 heteroatoms. The largest absolute Gasteiger partial charge is 0.494 e. The van der Waals surface area contributed by atoms with Crippen LogP contribution in [-0.4, -0.2) is 27.1 Å². The SMILES string of the molecule is CCOc1ccc(-n2c(COc3ccc(Br)cc3)nnc2SCC)cc1. The van der Waals surface area contributed by atoms with E-state index in [0.29, 0.717) is 13.2 Å². The lowest BCUT2D eigenvalue weighted by atomic mass is 10.3. The number of benzene rings is 2. The number of thioether (sulfide) groups is 1. The molecule has 136 valence electrons. The zero-order valence-corrected chi connectivity index (χ0v) is 17.1. The highest BCUT2D eigenvalue weighted by Gasteiger charge is 2.15. The highest BCUT2D eigenvalue weighted by Crippen LogP contribution is 2.25. The molecule has 0 saturated heterocycles. The topological polar surface area (TPSA) is 49.2 Å². The second kappa shape index (κ2) is 9.09. The fraction of sp³-hybridized carbons (Fsp3) is 0.263. The quantitative estimate of drug-likeness (QED) is 0.461. The first-order chi connectivity index (χ1) is 12.7. The smallest absolute Gasteiger partial charge is 0.195 e. The summed E-state index contributed by atoms with van der Waals surface area (Å²) in [6.45, 7) is 5.06. The molecule has 0 fully saturated rings. The van der Waals surface area contributed by atoms with E-state index < -0.39 is 0 Å². The molecule has 0 N–H and O–H groups in total. The highest BCUT2D eigenvalue weighted by molar-refractivity contribution is 9.10. The second-order valence-corrected chi connectivity index (χ2v) is 7.48. The van der Waals surface area contributed by atoms with Crippen LogP contribution in [0.2, 0.25) is 0 Å². The average Bonchev–Trinajstić information content (AvgIpc) is 3.05. The minimum Gasteiger partial charge on any atom is -0.494 e. The molecular weight excluding hydrogens is 414 g/mol. The molecule has 0 saturated carbocycles. The van der Waals surface area contributed by atoms with Gasteiger partial charge in [-0.25, -0.2) is 0 Å². The zero-order valence-electron chi connectivity index (χ0n) is 14.7. The molecule has 26 heavy (non-hydrogen) atoms. The van der Waals surface area contributed by atoms with E-state index in [4.69, 9.17) is 9.47 Å². The summed E-state index contributed by atoms with van der Waals surface area (Å²) in [5, 5.41) is 9.51. The van der Waals surface area contributed by atoms with Gasteiger partial charge in [-0.05, 0) is 61.2 Å². The van der Waals surface area contributed by atoms with Crippen molar-refractivity contribution in [3.05, 3.63) is 58.8 Å². The third-order valence-electron chi connectivity index (χ3n) is 3.56. The minimum absolute atomic E-state index is 0.339. The van der Waals surface area contributed by atoms with Crippen LogP contribution >= 0.6 is 27.7 Å². The Morgan fingerprint density at radius 3 is 2.23 bits per heavy atom. The number of rotatable bonds is 8. The van der Waals surface area contributed by atoms with E-state index >= 15 is 0 Å². The Labute approximate surface area is 165 Å². The van der Waals surface area contributed by atoms with Crippen molar-refractivity contribution in [1.82, 2.24) is 14.8 Å². The van der Waals surface area contributed by atoms with Crippen molar-refractivity contribution >= 4 is 27.7 Å². The number of halogens is 1. The van der Waals surface area contributed by atoms with Gasteiger partial charge in [-0.3, -0.25) is 4.57 Å². The van der Waals surface area contributed by atoms with Gasteiger partial charge in [0.1, 0.15) is 18.1 Å². The van der Waals surface area contributed by atoms with Crippen molar-refractivity contribution in [2.45, 2.75) is 25.6 Å². The van der Waals surface area contributed by atoms with Gasteiger partial charge in [-0.1, -0.05) is 34.6 Å². The van der Waals surface area contributed by atoms with E-state index in [2.05, 4.69) is 33.1 Å². The maximum Gasteiger partial charge on any atom is 0.195 e. The first-order valence-electron chi connectivity index (χ1n) is 8.40. The normalized spacial score (nSPS) is 10.7. The van der Waals surface area contributed by atoms with Crippen molar-refractivity contribution in [2.75, 3.05) is 12.4 Å². The summed E-state index contributed by atoms with van der Waals surface area (Å²) >= 11 is 5.08. The van der Waals surface area contributed by atoms with Gasteiger partial charge in [-0.2, -0.15) is 0 Å². The monoisotopic (exact) mass is 433 g/mol. The van der Waals surface area contributed by atoms with Crippen LogP contribution in [0.25, 0.3) is 5.69 Å². The van der Waals surface area contributed by atoms with Gasteiger partial charge in [0.05, 0.1) is 6.61 Å². The van der Waals surface area contributed by atoms with Gasteiger partial charge in [0.25, 0.3) is 0 Å². The molecule has 5 nitrogen and oxygen atoms in total. The summed E-state index contributed by atoms with van der Waals surface area (Å²) in [6.07, 6.45) is 0. The van der Waals surface area contributed by atoms with E-state index in [1.165, 1.54) is 0 Å². The first-order valence-corrected chi connectivity index (χ1v) is 10.2. The second-order valence-electron chi connectivity index (χ2n) is 5.34. The summed E-state index contributed by atoms with van der Waals surface area (Å²) in [5.41, 5.74) is 0.990. The van der Waals surface area contributed by atoms with Crippen molar-refractivity contribution in [1.29, 1.82) is 0 Å². The molecule has 3 aromatic rings. The Morgan fingerprint density at radius 1 is 0.923 bits per heavy atom. The molecule has 0 atom stereocenters. The van der Waals surface area contributed by atoms with Crippen LogP contribution in [0.1, 0.15) is 19.7 Å². The number of hydrogen-bond acceptors (Lipinski definition) is 5. The Balaban J connectivity index is 1.84. The predicted octanol–water partition coefficient (Wildman–Crippen LogP) is 5.12. The van der Waals surface area contributed by atoms with Crippen LogP contribution in [0.3, 0.4) is 0 Å². The Kier molecular flexibility index (Phi) is 6.57. The predicted molar refractivity (Wildman–Crippen MR) is 107 cm³/mol. The van der Waals surface area contributed by atoms with Gasteiger partial charge >= 0.3 is 0 Å². The summed E-state index contributed by atoms with van der Waals surface area (Å²) < 4.78 is 14.5. The van der Waals surface area contributed by atoms with Gasteiger partial charge < -0.3 is 9.47 Å². The van der Waals surface area contributed by atoms with Gasteiger partial charge in [0.2, 0.25) is 0 Å². The summed E-state index contributed by atoms with van der Waals surface area (Å²) in [4.78, 5) is 0. The van der Waals surface area contributed by atoms with Crippen LogP contribution in [0.15, 0.2) is 58.2 Å². The maximum absolute atomic E-state index is 5.88. The van der Waals surface area contributed by atoms with Gasteiger partial charge in [-0.15, -0.1) is 10.2 Å². The van der Waals surface area contributed by atoms with Crippen molar-refractivity contribution in [2.24, 2.45) is 0 Å². The third kappa shape index (κ3) is 4.59. The van der Waals surface area contributed by atoms with Crippen LogP contribution in [0.4, 0.5) is 0 Å². The van der Waals surface area contributed by atoms with Crippen LogP contribution in [0.5, 0.6) is 11.5 Å². The molecule has 0 aliphatic rings. The van der Waals surface area contributed by atoms with Crippen molar-refractivity contribution in [3.8, 4) is 17.2 Å². The summed E-state index contributed by atoms with van der Waals surface area (Å²) in [7, 11) is 0.